The van der Waals surface area contributed by atoms with Gasteiger partial charge in [-0.3, -0.25) is 4.55 Å². The Balaban J connectivity index is 0.000000413. The molecule has 0 spiro atoms. The van der Waals surface area contributed by atoms with Crippen LogP contribution in [0.15, 0.2) is 94.7 Å². The van der Waals surface area contributed by atoms with Gasteiger partial charge in [-0.1, -0.05) is 166 Å². The van der Waals surface area contributed by atoms with Gasteiger partial charge in [-0.15, -0.1) is 0 Å². The average Bonchev–Trinajstić information content (AvgIpc) is 3.21. The molecule has 0 aliphatic rings. The molecule has 0 bridgehead atoms. The van der Waals surface area contributed by atoms with Crippen molar-refractivity contribution in [3.05, 3.63) is 96.1 Å². The Morgan fingerprint density at radius 1 is 0.475 bits per heavy atom. The number of aromatic hydroxyl groups is 1. The first kappa shape index (κ1) is 54.3. The summed E-state index contributed by atoms with van der Waals surface area (Å²) >= 11 is 0. The molecule has 61 heavy (non-hydrogen) atoms. The van der Waals surface area contributed by atoms with Crippen LogP contribution in [0.5, 0.6) is 34.5 Å². The van der Waals surface area contributed by atoms with Crippen LogP contribution in [0.1, 0.15) is 153 Å². The Kier molecular flexibility index (Phi) is 27.0. The third kappa shape index (κ3) is 22.9. The van der Waals surface area contributed by atoms with Gasteiger partial charge in [0.25, 0.3) is 10.1 Å². The van der Waals surface area contributed by atoms with Gasteiger partial charge in [0, 0.05) is 6.07 Å². The predicted octanol–water partition coefficient (Wildman–Crippen LogP) is 12.4. The van der Waals surface area contributed by atoms with Gasteiger partial charge in [0.05, 0.1) is 4.90 Å². The van der Waals surface area contributed by atoms with Crippen molar-refractivity contribution >= 4 is 58.0 Å². The van der Waals surface area contributed by atoms with Crippen LogP contribution in [0, 0.1) is 0 Å². The molecule has 0 atom stereocenters. The molecule has 0 unspecified atom stereocenters. The van der Waals surface area contributed by atoms with Crippen molar-refractivity contribution in [2.24, 2.45) is 0 Å². The van der Waals surface area contributed by atoms with E-state index in [9.17, 15) is 31.6 Å². The molecule has 0 aromatic heterocycles. The molecule has 0 aliphatic carbocycles. The molecule has 0 heterocycles. The summed E-state index contributed by atoms with van der Waals surface area (Å²) in [4.78, 5) is -1.37. The maximum absolute atomic E-state index is 11.5. The Morgan fingerprint density at radius 2 is 0.803 bits per heavy atom. The van der Waals surface area contributed by atoms with Crippen molar-refractivity contribution in [3.63, 3.8) is 0 Å². The maximum Gasteiger partial charge on any atom is 2.00 e. The summed E-state index contributed by atoms with van der Waals surface area (Å²) in [5.41, 5.74) is 2.46. The molecule has 0 saturated heterocycles. The molecule has 0 amide bonds. The van der Waals surface area contributed by atoms with Crippen LogP contribution < -0.4 is 14.6 Å². The van der Waals surface area contributed by atoms with E-state index in [0.717, 1.165) is 37.5 Å². The summed E-state index contributed by atoms with van der Waals surface area (Å²) in [6, 6.07) is 22.4. The number of hydrogen-bond donors (Lipinski definition) is 2. The van der Waals surface area contributed by atoms with E-state index in [1.54, 1.807) is 0 Å². The van der Waals surface area contributed by atoms with Crippen LogP contribution in [-0.2, 0) is 33.1 Å². The van der Waals surface area contributed by atoms with Gasteiger partial charge in [0.15, 0.2) is 0 Å². The molecule has 332 valence electrons. The summed E-state index contributed by atoms with van der Waals surface area (Å²) in [6.07, 6.45) is 28.4. The number of phenols is 1. The summed E-state index contributed by atoms with van der Waals surface area (Å²) in [5, 5.41) is 21.1. The zero-order valence-electron chi connectivity index (χ0n) is 36.3. The Bertz CT molecular complexity index is 1870. The van der Waals surface area contributed by atoms with Gasteiger partial charge >= 0.3 is 37.7 Å². The monoisotopic (exact) mass is 906 g/mol. The van der Waals surface area contributed by atoms with Crippen molar-refractivity contribution in [2.75, 3.05) is 0 Å². The molecular formula is C48H66CaO10S2. The minimum atomic E-state index is -4.82. The normalized spacial score (nSPS) is 11.3. The molecule has 4 aromatic carbocycles. The SMILES string of the molecule is CCCCCCCCCCCCc1ccc(Oc2ccc(O)c(S(=O)(=O)O)c2)cc1.CCCCCCCCCCCCc1ccc(Oc2ccc([O-])c(S(=O)(=O)[O-])c2)cc1.[Ca+2]. The summed E-state index contributed by atoms with van der Waals surface area (Å²) < 4.78 is 76.3. The molecule has 10 nitrogen and oxygen atoms in total. The molecule has 0 saturated carbocycles. The summed E-state index contributed by atoms with van der Waals surface area (Å²) in [7, 11) is -9.33. The second-order valence-electron chi connectivity index (χ2n) is 15.5. The molecule has 4 aromatic rings. The number of phenolic OH excluding ortho intramolecular Hbond substituents is 1. The smallest absolute Gasteiger partial charge is 0.872 e. The minimum absolute atomic E-state index is 0. The van der Waals surface area contributed by atoms with Crippen LogP contribution in [-0.4, -0.2) is 68.8 Å². The number of benzene rings is 4. The molecule has 0 fully saturated rings. The van der Waals surface area contributed by atoms with Crippen LogP contribution in [0.2, 0.25) is 0 Å². The molecule has 0 aliphatic heterocycles. The van der Waals surface area contributed by atoms with Crippen molar-refractivity contribution < 1.29 is 45.6 Å². The Morgan fingerprint density at radius 3 is 1.16 bits per heavy atom. The standard InChI is InChI=1S/2C24H34O5S.Ca/c2*1-2-3-4-5-6-7-8-9-10-11-12-20-13-15-21(16-14-20)29-22-17-18-23(25)24(19-22)30(26,27)28;/h2*13-19,25H,2-12H2,1H3,(H,26,27,28);/q;;+2/p-2. The fraction of sp³-hybridized carbons (Fsp3) is 0.500. The Labute approximate surface area is 396 Å². The van der Waals surface area contributed by atoms with Crippen molar-refractivity contribution in [3.8, 4) is 34.5 Å². The first-order chi connectivity index (χ1) is 28.8. The van der Waals surface area contributed by atoms with Crippen molar-refractivity contribution in [1.82, 2.24) is 0 Å². The van der Waals surface area contributed by atoms with Gasteiger partial charge in [-0.25, -0.2) is 8.42 Å². The zero-order chi connectivity index (χ0) is 43.6. The van der Waals surface area contributed by atoms with Gasteiger partial charge in [0.2, 0.25) is 0 Å². The summed E-state index contributed by atoms with van der Waals surface area (Å²) in [5.74, 6) is 0.110. The van der Waals surface area contributed by atoms with E-state index in [-0.39, 0.29) is 49.2 Å². The average molecular weight is 907 g/mol. The second kappa shape index (κ2) is 30.3. The molecular weight excluding hydrogens is 841 g/mol. The first-order valence-corrected chi connectivity index (χ1v) is 24.8. The van der Waals surface area contributed by atoms with Crippen LogP contribution >= 0.6 is 0 Å². The van der Waals surface area contributed by atoms with Gasteiger partial charge in [-0.2, -0.15) is 8.42 Å². The molecule has 2 N–H and O–H groups in total. The fourth-order valence-corrected chi connectivity index (χ4v) is 8.04. The summed E-state index contributed by atoms with van der Waals surface area (Å²) in [6.45, 7) is 4.49. The quantitative estimate of drug-likeness (QED) is 0.0317. The predicted molar refractivity (Wildman–Crippen MR) is 242 cm³/mol. The van der Waals surface area contributed by atoms with E-state index in [1.807, 2.05) is 48.5 Å². The van der Waals surface area contributed by atoms with Gasteiger partial charge < -0.3 is 24.2 Å². The maximum atomic E-state index is 11.5. The number of ether oxygens (including phenoxy) is 2. The number of hydrogen-bond acceptors (Lipinski definition) is 9. The molecule has 0 radical (unpaired) electrons. The van der Waals surface area contributed by atoms with E-state index in [1.165, 1.54) is 151 Å². The van der Waals surface area contributed by atoms with Gasteiger partial charge in [0.1, 0.15) is 43.8 Å². The topological polar surface area (TPSA) is 173 Å². The van der Waals surface area contributed by atoms with E-state index in [2.05, 4.69) is 13.8 Å². The largest absolute Gasteiger partial charge is 2.00 e. The third-order valence-corrected chi connectivity index (χ3v) is 12.1. The molecule has 13 heteroatoms. The Hall–Kier alpha value is -2.84. The first-order valence-electron chi connectivity index (χ1n) is 21.9. The second-order valence-corrected chi connectivity index (χ2v) is 18.3. The van der Waals surface area contributed by atoms with Crippen molar-refractivity contribution in [2.45, 2.75) is 165 Å². The van der Waals surface area contributed by atoms with Crippen molar-refractivity contribution in [1.29, 1.82) is 0 Å². The van der Waals surface area contributed by atoms with Crippen LogP contribution in [0.3, 0.4) is 0 Å². The minimum Gasteiger partial charge on any atom is -0.872 e. The molecule has 4 rings (SSSR count). The third-order valence-electron chi connectivity index (χ3n) is 10.3. The zero-order valence-corrected chi connectivity index (χ0v) is 40.2. The van der Waals surface area contributed by atoms with E-state index < -0.39 is 41.5 Å². The number of rotatable bonds is 28. The van der Waals surface area contributed by atoms with E-state index in [4.69, 9.17) is 14.0 Å². The van der Waals surface area contributed by atoms with Gasteiger partial charge in [-0.05, 0) is 85.3 Å². The van der Waals surface area contributed by atoms with Crippen LogP contribution in [0.4, 0.5) is 0 Å². The van der Waals surface area contributed by atoms with Crippen LogP contribution in [0.25, 0.3) is 0 Å². The van der Waals surface area contributed by atoms with E-state index >= 15 is 0 Å². The fourth-order valence-electron chi connectivity index (χ4n) is 6.87. The number of unbranched alkanes of at least 4 members (excludes halogenated alkanes) is 18. The number of aryl methyl sites for hydroxylation is 2. The van der Waals surface area contributed by atoms with E-state index in [0.29, 0.717) is 11.5 Å².